The number of rotatable bonds is 9. The molecule has 106 valence electrons. The Morgan fingerprint density at radius 1 is 1.11 bits per heavy atom. The quantitative estimate of drug-likeness (QED) is 0.667. The number of benzene rings is 1. The van der Waals surface area contributed by atoms with E-state index in [4.69, 9.17) is 5.11 Å². The normalized spacial score (nSPS) is 12.3. The lowest BCUT2D eigenvalue weighted by atomic mass is 9.98. The highest BCUT2D eigenvalue weighted by Gasteiger charge is 2.01. The van der Waals surface area contributed by atoms with Gasteiger partial charge in [-0.3, -0.25) is 4.79 Å². The molecule has 19 heavy (non-hydrogen) atoms. The Kier molecular flexibility index (Phi) is 7.24. The fraction of sp³-hybridized carbons (Fsp3) is 0.588. The van der Waals surface area contributed by atoms with Crippen LogP contribution >= 0.6 is 0 Å². The Bertz CT molecular complexity index is 367. The van der Waals surface area contributed by atoms with Gasteiger partial charge in [0.25, 0.3) is 0 Å². The molecule has 1 atom stereocenters. The molecule has 0 bridgehead atoms. The maximum Gasteiger partial charge on any atom is 0.303 e. The average molecular weight is 262 g/mol. The van der Waals surface area contributed by atoms with Crippen LogP contribution in [0.5, 0.6) is 0 Å². The van der Waals surface area contributed by atoms with Crippen LogP contribution in [0.15, 0.2) is 24.3 Å². The summed E-state index contributed by atoms with van der Waals surface area (Å²) in [5, 5.41) is 8.57. The first-order chi connectivity index (χ1) is 9.11. The van der Waals surface area contributed by atoms with Crippen LogP contribution in [0.2, 0.25) is 0 Å². The first kappa shape index (κ1) is 15.7. The minimum absolute atomic E-state index is 0.285. The molecular weight excluding hydrogens is 236 g/mol. The van der Waals surface area contributed by atoms with Crippen LogP contribution < -0.4 is 0 Å². The summed E-state index contributed by atoms with van der Waals surface area (Å²) in [5.74, 6) is 0.107. The number of hydrogen-bond acceptors (Lipinski definition) is 1. The van der Waals surface area contributed by atoms with Gasteiger partial charge in [-0.25, -0.2) is 0 Å². The Labute approximate surface area is 116 Å². The molecule has 2 heteroatoms. The van der Waals surface area contributed by atoms with E-state index < -0.39 is 5.97 Å². The molecule has 0 aliphatic rings. The van der Waals surface area contributed by atoms with Gasteiger partial charge in [0.1, 0.15) is 0 Å². The molecule has 1 aromatic rings. The molecule has 1 rings (SSSR count). The number of aliphatic carboxylic acids is 1. The van der Waals surface area contributed by atoms with Gasteiger partial charge in [0.15, 0.2) is 0 Å². The van der Waals surface area contributed by atoms with Gasteiger partial charge in [-0.15, -0.1) is 0 Å². The third kappa shape index (κ3) is 7.00. The number of carboxylic acids is 1. The molecule has 0 spiro atoms. The van der Waals surface area contributed by atoms with Crippen molar-refractivity contribution in [2.24, 2.45) is 5.92 Å². The van der Waals surface area contributed by atoms with Crippen molar-refractivity contribution in [3.63, 3.8) is 0 Å². The average Bonchev–Trinajstić information content (AvgIpc) is 2.42. The largest absolute Gasteiger partial charge is 0.481 e. The second kappa shape index (κ2) is 8.73. The van der Waals surface area contributed by atoms with E-state index >= 15 is 0 Å². The van der Waals surface area contributed by atoms with Crippen LogP contribution in [0.3, 0.4) is 0 Å². The van der Waals surface area contributed by atoms with Gasteiger partial charge >= 0.3 is 5.97 Å². The van der Waals surface area contributed by atoms with Crippen molar-refractivity contribution in [2.75, 3.05) is 0 Å². The van der Waals surface area contributed by atoms with Crippen LogP contribution in [-0.4, -0.2) is 11.1 Å². The number of carbonyl (C=O) groups is 1. The molecule has 0 saturated heterocycles. The Hall–Kier alpha value is -1.31. The first-order valence-electron chi connectivity index (χ1n) is 7.41. The third-order valence-electron chi connectivity index (χ3n) is 3.75. The highest BCUT2D eigenvalue weighted by Crippen LogP contribution is 2.14. The fourth-order valence-corrected chi connectivity index (χ4v) is 2.10. The molecule has 1 N–H and O–H groups in total. The molecule has 0 saturated carbocycles. The molecular formula is C17H26O2. The molecule has 0 radical (unpaired) electrons. The van der Waals surface area contributed by atoms with Crippen molar-refractivity contribution in [1.29, 1.82) is 0 Å². The van der Waals surface area contributed by atoms with E-state index in [1.807, 2.05) is 0 Å². The van der Waals surface area contributed by atoms with Crippen molar-refractivity contribution < 1.29 is 9.90 Å². The summed E-state index contributed by atoms with van der Waals surface area (Å²) >= 11 is 0. The molecule has 0 fully saturated rings. The minimum atomic E-state index is -0.694. The van der Waals surface area contributed by atoms with Crippen LogP contribution in [0.1, 0.15) is 57.1 Å². The van der Waals surface area contributed by atoms with Crippen LogP contribution in [-0.2, 0) is 17.6 Å². The number of unbranched alkanes of at least 4 members (excludes halogenated alkanes) is 1. The second-order valence-electron chi connectivity index (χ2n) is 5.47. The lowest BCUT2D eigenvalue weighted by Crippen LogP contribution is -1.96. The van der Waals surface area contributed by atoms with Gasteiger partial charge < -0.3 is 5.11 Å². The van der Waals surface area contributed by atoms with E-state index in [1.165, 1.54) is 24.0 Å². The van der Waals surface area contributed by atoms with Crippen molar-refractivity contribution in [1.82, 2.24) is 0 Å². The number of carboxylic acid groups (broad SMARTS) is 1. The summed E-state index contributed by atoms with van der Waals surface area (Å²) in [6, 6.07) is 8.81. The molecule has 2 nitrogen and oxygen atoms in total. The Morgan fingerprint density at radius 2 is 1.68 bits per heavy atom. The molecule has 1 aromatic carbocycles. The highest BCUT2D eigenvalue weighted by atomic mass is 16.4. The summed E-state index contributed by atoms with van der Waals surface area (Å²) in [6.07, 6.45) is 6.67. The van der Waals surface area contributed by atoms with Crippen LogP contribution in [0.4, 0.5) is 0 Å². The van der Waals surface area contributed by atoms with Gasteiger partial charge in [0, 0.05) is 6.42 Å². The standard InChI is InChI=1S/C17H26O2/c1-3-14(2)8-9-16-12-10-15(11-13-16)6-4-5-7-17(18)19/h10-14H,3-9H2,1-2H3,(H,18,19). The maximum absolute atomic E-state index is 10.4. The van der Waals surface area contributed by atoms with Crippen molar-refractivity contribution in [2.45, 2.75) is 58.8 Å². The van der Waals surface area contributed by atoms with Crippen molar-refractivity contribution in [3.8, 4) is 0 Å². The summed E-state index contributed by atoms with van der Waals surface area (Å²) in [5.41, 5.74) is 2.73. The highest BCUT2D eigenvalue weighted by molar-refractivity contribution is 5.66. The predicted molar refractivity (Wildman–Crippen MR) is 79.4 cm³/mol. The Morgan fingerprint density at radius 3 is 2.21 bits per heavy atom. The van der Waals surface area contributed by atoms with Crippen molar-refractivity contribution >= 4 is 5.97 Å². The minimum Gasteiger partial charge on any atom is -0.481 e. The van der Waals surface area contributed by atoms with E-state index in [0.717, 1.165) is 31.6 Å². The fourth-order valence-electron chi connectivity index (χ4n) is 2.10. The van der Waals surface area contributed by atoms with Gasteiger partial charge in [-0.05, 0) is 49.1 Å². The van der Waals surface area contributed by atoms with Gasteiger partial charge in [-0.2, -0.15) is 0 Å². The maximum atomic E-state index is 10.4. The topological polar surface area (TPSA) is 37.3 Å². The smallest absolute Gasteiger partial charge is 0.303 e. The molecule has 0 aliphatic carbocycles. The van der Waals surface area contributed by atoms with Crippen molar-refractivity contribution in [3.05, 3.63) is 35.4 Å². The van der Waals surface area contributed by atoms with E-state index in [0.29, 0.717) is 0 Å². The molecule has 0 aromatic heterocycles. The van der Waals surface area contributed by atoms with Crippen LogP contribution in [0.25, 0.3) is 0 Å². The van der Waals surface area contributed by atoms with E-state index in [2.05, 4.69) is 38.1 Å². The zero-order valence-corrected chi connectivity index (χ0v) is 12.2. The Balaban J connectivity index is 2.29. The lowest BCUT2D eigenvalue weighted by Gasteiger charge is -2.08. The first-order valence-corrected chi connectivity index (χ1v) is 7.41. The number of aryl methyl sites for hydroxylation is 2. The SMILES string of the molecule is CCC(C)CCc1ccc(CCCCC(=O)O)cc1. The summed E-state index contributed by atoms with van der Waals surface area (Å²) in [6.45, 7) is 4.54. The van der Waals surface area contributed by atoms with E-state index in [9.17, 15) is 4.79 Å². The zero-order valence-electron chi connectivity index (χ0n) is 12.2. The molecule has 0 heterocycles. The summed E-state index contributed by atoms with van der Waals surface area (Å²) < 4.78 is 0. The van der Waals surface area contributed by atoms with Gasteiger partial charge in [0.2, 0.25) is 0 Å². The third-order valence-corrected chi connectivity index (χ3v) is 3.75. The van der Waals surface area contributed by atoms with E-state index in [-0.39, 0.29) is 6.42 Å². The van der Waals surface area contributed by atoms with Crippen LogP contribution in [0, 0.1) is 5.92 Å². The van der Waals surface area contributed by atoms with E-state index in [1.54, 1.807) is 0 Å². The second-order valence-corrected chi connectivity index (χ2v) is 5.47. The number of hydrogen-bond donors (Lipinski definition) is 1. The molecule has 1 unspecified atom stereocenters. The summed E-state index contributed by atoms with van der Waals surface area (Å²) in [7, 11) is 0. The predicted octanol–water partition coefficient (Wildman–Crippen LogP) is 4.46. The molecule has 0 aliphatic heterocycles. The van der Waals surface area contributed by atoms with Gasteiger partial charge in [0.05, 0.1) is 0 Å². The monoisotopic (exact) mass is 262 g/mol. The summed E-state index contributed by atoms with van der Waals surface area (Å²) in [4.78, 5) is 10.4. The van der Waals surface area contributed by atoms with Gasteiger partial charge in [-0.1, -0.05) is 44.5 Å². The lowest BCUT2D eigenvalue weighted by molar-refractivity contribution is -0.137. The zero-order chi connectivity index (χ0) is 14.1. The molecule has 0 amide bonds.